The van der Waals surface area contributed by atoms with Crippen molar-refractivity contribution in [3.05, 3.63) is 24.8 Å². The van der Waals surface area contributed by atoms with Crippen LogP contribution in [0.4, 0.5) is 0 Å². The summed E-state index contributed by atoms with van der Waals surface area (Å²) in [5.74, 6) is 0.945. The van der Waals surface area contributed by atoms with Gasteiger partial charge >= 0.3 is 0 Å². The maximum atomic E-state index is 9.88. The van der Waals surface area contributed by atoms with Gasteiger partial charge in [0.15, 0.2) is 0 Å². The first kappa shape index (κ1) is 13.8. The lowest BCUT2D eigenvalue weighted by atomic mass is 10.0. The Hall–Kier alpha value is 0.730. The smallest absolute Gasteiger partial charge is 0.133 e. The van der Waals surface area contributed by atoms with Crippen molar-refractivity contribution in [1.29, 1.82) is 0 Å². The zero-order chi connectivity index (χ0) is 10.3. The third-order valence-electron chi connectivity index (χ3n) is 2.55. The Morgan fingerprint density at radius 3 is 2.47 bits per heavy atom. The van der Waals surface area contributed by atoms with E-state index in [2.05, 4.69) is 45.2 Å². The highest BCUT2D eigenvalue weighted by atomic mass is 127. The molecule has 0 aliphatic heterocycles. The van der Waals surface area contributed by atoms with Gasteiger partial charge in [0.1, 0.15) is 5.75 Å². The minimum Gasteiger partial charge on any atom is -0.506 e. The fourth-order valence-corrected chi connectivity index (χ4v) is 3.44. The number of hydrogen-bond donors (Lipinski definition) is 2. The predicted octanol–water partition coefficient (Wildman–Crippen LogP) is 3.43. The van der Waals surface area contributed by atoms with Crippen LogP contribution in [0.2, 0.25) is 0 Å². The second-order valence-electron chi connectivity index (χ2n) is 3.69. The Kier molecular flexibility index (Phi) is 4.94. The highest BCUT2D eigenvalue weighted by Crippen LogP contribution is 2.43. The third-order valence-corrected chi connectivity index (χ3v) is 3.99. The van der Waals surface area contributed by atoms with Gasteiger partial charge in [-0.1, -0.05) is 0 Å². The molecule has 1 fully saturated rings. The summed E-state index contributed by atoms with van der Waals surface area (Å²) in [7, 11) is 0. The Balaban J connectivity index is 0.00000112. The molecule has 2 nitrogen and oxygen atoms in total. The van der Waals surface area contributed by atoms with E-state index in [4.69, 9.17) is 5.73 Å². The maximum absolute atomic E-state index is 9.88. The summed E-state index contributed by atoms with van der Waals surface area (Å²) in [5, 5.41) is 9.88. The van der Waals surface area contributed by atoms with Crippen LogP contribution in [0.25, 0.3) is 0 Å². The molecule has 3 N–H and O–H groups in total. The maximum Gasteiger partial charge on any atom is 0.133 e. The molecule has 5 heteroatoms. The topological polar surface area (TPSA) is 46.2 Å². The molecule has 0 radical (unpaired) electrons. The quantitative estimate of drug-likeness (QED) is 0.677. The highest BCUT2D eigenvalue weighted by Gasteiger charge is 2.31. The number of halogens is 3. The van der Waals surface area contributed by atoms with Crippen molar-refractivity contribution in [3.8, 4) is 5.75 Å². The number of phenolic OH excluding ortho intramolecular Hbond substituents is 1. The molecule has 1 aliphatic carbocycles. The van der Waals surface area contributed by atoms with Crippen molar-refractivity contribution < 1.29 is 5.11 Å². The van der Waals surface area contributed by atoms with Gasteiger partial charge < -0.3 is 10.8 Å². The Bertz CT molecular complexity index is 369. The SMILES string of the molecule is Cl.N[C@H](c1cc(I)cc(I)c1O)C1CC1. The van der Waals surface area contributed by atoms with Gasteiger partial charge in [-0.2, -0.15) is 0 Å². The predicted molar refractivity (Wildman–Crippen MR) is 80.4 cm³/mol. The summed E-state index contributed by atoms with van der Waals surface area (Å²) in [4.78, 5) is 0. The van der Waals surface area contributed by atoms with Crippen LogP contribution in [-0.2, 0) is 0 Å². The largest absolute Gasteiger partial charge is 0.506 e. The molecular formula is C10H12ClI2NO. The van der Waals surface area contributed by atoms with Crippen molar-refractivity contribution in [1.82, 2.24) is 0 Å². The second kappa shape index (κ2) is 5.37. The molecule has 0 amide bonds. The van der Waals surface area contributed by atoms with E-state index in [1.165, 1.54) is 12.8 Å². The van der Waals surface area contributed by atoms with Crippen LogP contribution in [0.5, 0.6) is 5.75 Å². The molecule has 1 aliphatic rings. The van der Waals surface area contributed by atoms with Crippen LogP contribution in [0.3, 0.4) is 0 Å². The average molecular weight is 451 g/mol. The minimum atomic E-state index is 0. The normalized spacial score (nSPS) is 17.0. The lowest BCUT2D eigenvalue weighted by Gasteiger charge is -2.14. The number of nitrogens with two attached hydrogens (primary N) is 1. The first-order valence-electron chi connectivity index (χ1n) is 4.53. The summed E-state index contributed by atoms with van der Waals surface area (Å²) in [6, 6.07) is 3.96. The number of rotatable bonds is 2. The zero-order valence-electron chi connectivity index (χ0n) is 7.91. The van der Waals surface area contributed by atoms with Gasteiger partial charge in [-0.25, -0.2) is 0 Å². The van der Waals surface area contributed by atoms with Gasteiger partial charge in [0.25, 0.3) is 0 Å². The van der Waals surface area contributed by atoms with E-state index >= 15 is 0 Å². The highest BCUT2D eigenvalue weighted by molar-refractivity contribution is 14.1. The molecule has 0 saturated heterocycles. The average Bonchev–Trinajstić information content (AvgIpc) is 2.93. The van der Waals surface area contributed by atoms with E-state index < -0.39 is 0 Å². The first-order chi connectivity index (χ1) is 6.59. The minimum absolute atomic E-state index is 0. The lowest BCUT2D eigenvalue weighted by Crippen LogP contribution is -2.13. The van der Waals surface area contributed by atoms with Gasteiger partial charge in [-0.15, -0.1) is 12.4 Å². The van der Waals surface area contributed by atoms with Crippen molar-refractivity contribution in [3.63, 3.8) is 0 Å². The molecule has 0 bridgehead atoms. The molecule has 2 rings (SSSR count). The van der Waals surface area contributed by atoms with Gasteiger partial charge in [0.2, 0.25) is 0 Å². The Morgan fingerprint density at radius 2 is 1.93 bits per heavy atom. The number of hydrogen-bond acceptors (Lipinski definition) is 2. The van der Waals surface area contributed by atoms with Gasteiger partial charge in [0, 0.05) is 15.2 Å². The molecule has 0 spiro atoms. The number of aromatic hydroxyl groups is 1. The zero-order valence-corrected chi connectivity index (χ0v) is 13.0. The molecule has 1 saturated carbocycles. The van der Waals surface area contributed by atoms with Gasteiger partial charge in [-0.05, 0) is 76.1 Å². The van der Waals surface area contributed by atoms with E-state index in [9.17, 15) is 5.11 Å². The van der Waals surface area contributed by atoms with Gasteiger partial charge in [-0.3, -0.25) is 0 Å². The van der Waals surface area contributed by atoms with E-state index in [0.717, 1.165) is 12.7 Å². The third kappa shape index (κ3) is 3.10. The van der Waals surface area contributed by atoms with Crippen molar-refractivity contribution >= 4 is 57.6 Å². The van der Waals surface area contributed by atoms with E-state index in [1.54, 1.807) is 0 Å². The fourth-order valence-electron chi connectivity index (χ4n) is 1.55. The first-order valence-corrected chi connectivity index (χ1v) is 6.69. The molecule has 0 heterocycles. The summed E-state index contributed by atoms with van der Waals surface area (Å²) in [6.07, 6.45) is 2.39. The van der Waals surface area contributed by atoms with Crippen LogP contribution in [0.1, 0.15) is 24.4 Å². The standard InChI is InChI=1S/C10H11I2NO.ClH/c11-6-3-7(9(13)5-1-2-5)10(14)8(12)4-6;/h3-5,9,14H,1-2,13H2;1H/t9-;/m0./s1. The molecule has 1 aromatic carbocycles. The molecule has 84 valence electrons. The molecule has 1 atom stereocenters. The summed E-state index contributed by atoms with van der Waals surface area (Å²) < 4.78 is 2.02. The van der Waals surface area contributed by atoms with E-state index in [1.807, 2.05) is 12.1 Å². The van der Waals surface area contributed by atoms with Gasteiger partial charge in [0.05, 0.1) is 3.57 Å². The number of benzene rings is 1. The van der Waals surface area contributed by atoms with Crippen LogP contribution >= 0.6 is 57.6 Å². The molecule has 15 heavy (non-hydrogen) atoms. The number of phenols is 1. The Morgan fingerprint density at radius 1 is 1.33 bits per heavy atom. The molecular weight excluding hydrogens is 439 g/mol. The van der Waals surface area contributed by atoms with Crippen molar-refractivity contribution in [2.75, 3.05) is 0 Å². The monoisotopic (exact) mass is 451 g/mol. The van der Waals surface area contributed by atoms with E-state index in [-0.39, 0.29) is 18.4 Å². The summed E-state index contributed by atoms with van der Waals surface area (Å²) >= 11 is 4.40. The fraction of sp³-hybridized carbons (Fsp3) is 0.400. The summed E-state index contributed by atoms with van der Waals surface area (Å²) in [5.41, 5.74) is 6.98. The Labute approximate surface area is 123 Å². The van der Waals surface area contributed by atoms with Crippen LogP contribution in [0.15, 0.2) is 12.1 Å². The van der Waals surface area contributed by atoms with Crippen LogP contribution < -0.4 is 5.73 Å². The van der Waals surface area contributed by atoms with E-state index in [0.29, 0.717) is 11.7 Å². The van der Waals surface area contributed by atoms with Crippen molar-refractivity contribution in [2.24, 2.45) is 11.7 Å². The molecule has 0 unspecified atom stereocenters. The second-order valence-corrected chi connectivity index (χ2v) is 6.10. The van der Waals surface area contributed by atoms with Crippen molar-refractivity contribution in [2.45, 2.75) is 18.9 Å². The van der Waals surface area contributed by atoms with Crippen LogP contribution in [-0.4, -0.2) is 5.11 Å². The molecule has 0 aromatic heterocycles. The lowest BCUT2D eigenvalue weighted by molar-refractivity contribution is 0.452. The summed E-state index contributed by atoms with van der Waals surface area (Å²) in [6.45, 7) is 0. The molecule has 1 aromatic rings. The van der Waals surface area contributed by atoms with Crippen LogP contribution in [0, 0.1) is 13.1 Å².